The summed E-state index contributed by atoms with van der Waals surface area (Å²) in [6.45, 7) is 40.1. The summed E-state index contributed by atoms with van der Waals surface area (Å²) in [6.07, 6.45) is 3.27. The first kappa shape index (κ1) is 116. The minimum Gasteiger partial charge on any atom is -0.497 e. The summed E-state index contributed by atoms with van der Waals surface area (Å²) in [6, 6.07) is 8.96. The number of halogens is 3. The second-order valence-corrected chi connectivity index (χ2v) is 38.8. The molecule has 4 aliphatic carbocycles. The van der Waals surface area contributed by atoms with Crippen molar-refractivity contribution in [3.05, 3.63) is 91.8 Å². The van der Waals surface area contributed by atoms with E-state index in [4.69, 9.17) is 68.4 Å². The van der Waals surface area contributed by atoms with Gasteiger partial charge in [-0.15, -0.1) is 50.4 Å². The number of ether oxygens (including phenoxy) is 10. The number of aromatic nitrogens is 2. The molecule has 16 atom stereocenters. The number of carbonyl (C=O) groups excluding carboxylic acids is 8. The third kappa shape index (κ3) is 34.6. The number of pyridine rings is 2. The molecule has 0 unspecified atom stereocenters. The van der Waals surface area contributed by atoms with Gasteiger partial charge in [0, 0.05) is 80.8 Å². The number of rotatable bonds is 36. The Bertz CT molecular complexity index is 4830. The van der Waals surface area contributed by atoms with E-state index in [1.54, 1.807) is 161 Å². The summed E-state index contributed by atoms with van der Waals surface area (Å²) in [5.74, 6) is -6.03. The third-order valence-corrected chi connectivity index (χ3v) is 24.5. The van der Waals surface area contributed by atoms with Crippen molar-refractivity contribution < 1.29 is 132 Å². The minimum atomic E-state index is -3.91. The van der Waals surface area contributed by atoms with E-state index in [2.05, 4.69) is 70.5 Å². The van der Waals surface area contributed by atoms with Crippen molar-refractivity contribution >= 4 is 145 Å². The lowest BCUT2D eigenvalue weighted by atomic mass is 10.1. The maximum absolute atomic E-state index is 14.4. The quantitative estimate of drug-likeness (QED) is 0.0153. The molecule has 40 nitrogen and oxygen atoms in total. The van der Waals surface area contributed by atoms with Crippen LogP contribution < -0.4 is 61.3 Å². The van der Waals surface area contributed by atoms with Crippen LogP contribution in [-0.2, 0) is 91.6 Å². The first-order valence-electron chi connectivity index (χ1n) is 42.7. The lowest BCUT2D eigenvalue weighted by Gasteiger charge is -2.32. The Kier molecular flexibility index (Phi) is 44.6. The Morgan fingerprint density at radius 3 is 1.32 bits per heavy atom. The number of likely N-dealkylation sites (tertiary alicyclic amines) is 1. The van der Waals surface area contributed by atoms with Gasteiger partial charge in [0.1, 0.15) is 64.0 Å². The summed E-state index contributed by atoms with van der Waals surface area (Å²) in [5.41, 5.74) is 1.33. The van der Waals surface area contributed by atoms with Crippen LogP contribution in [0.5, 0.6) is 17.5 Å². The molecule has 2 aromatic carbocycles. The number of hydrogen-bond donors (Lipinski definition) is 12. The summed E-state index contributed by atoms with van der Waals surface area (Å²) >= 11 is 0. The van der Waals surface area contributed by atoms with Crippen LogP contribution in [0.1, 0.15) is 175 Å². The second-order valence-electron chi connectivity index (χ2n) is 34.9. The number of carboxylic acid groups (broad SMARTS) is 3. The van der Waals surface area contributed by atoms with Crippen molar-refractivity contribution in [2.24, 2.45) is 17.6 Å². The van der Waals surface area contributed by atoms with Gasteiger partial charge in [-0.25, -0.2) is 50.8 Å². The summed E-state index contributed by atoms with van der Waals surface area (Å²) in [5, 5.41) is 44.4. The average Bonchev–Trinajstić information content (AvgIpc) is 1.57. The smallest absolute Gasteiger partial charge is 0.408 e. The third-order valence-electron chi connectivity index (χ3n) is 20.9. The molecule has 13 N–H and O–H groups in total. The topological polar surface area (TPSA) is 560 Å². The van der Waals surface area contributed by atoms with Crippen LogP contribution in [0, 0.1) is 18.8 Å². The molecule has 4 saturated carbocycles. The molecule has 6 fully saturated rings. The number of sulfonamides is 2. The largest absolute Gasteiger partial charge is 0.497 e. The molecular weight excluding hydrogens is 1830 g/mol. The van der Waals surface area contributed by atoms with E-state index in [-0.39, 0.29) is 87.0 Å². The van der Waals surface area contributed by atoms with E-state index in [0.717, 1.165) is 21.7 Å². The highest BCUT2D eigenvalue weighted by Gasteiger charge is 2.63. The van der Waals surface area contributed by atoms with E-state index < -0.39 is 191 Å². The molecule has 2 aliphatic heterocycles. The number of aryl methyl sites for hydroxylation is 1. The molecule has 2 aromatic heterocycles. The van der Waals surface area contributed by atoms with Crippen molar-refractivity contribution in [1.82, 2.24) is 56.2 Å². The van der Waals surface area contributed by atoms with E-state index in [1.165, 1.54) is 11.0 Å². The van der Waals surface area contributed by atoms with E-state index in [0.29, 0.717) is 81.9 Å². The molecule has 2 saturated heterocycles. The molecule has 10 rings (SSSR count). The van der Waals surface area contributed by atoms with Crippen LogP contribution in [0.15, 0.2) is 86.2 Å². The molecule has 6 aliphatic rings. The highest BCUT2D eigenvalue weighted by atomic mass is 35.5. The average molecular weight is 1970 g/mol. The van der Waals surface area contributed by atoms with Gasteiger partial charge in [0.2, 0.25) is 49.5 Å². The van der Waals surface area contributed by atoms with Gasteiger partial charge in [0.25, 0.3) is 11.8 Å². The number of nitrogens with two attached hydrogens (primary N) is 1. The zero-order chi connectivity index (χ0) is 96.8. The van der Waals surface area contributed by atoms with E-state index in [9.17, 15) is 69.6 Å². The number of amides is 8. The molecule has 0 radical (unpaired) electrons. The van der Waals surface area contributed by atoms with Gasteiger partial charge in [-0.1, -0.05) is 29.8 Å². The Hall–Kier alpha value is -9.76. The Morgan fingerprint density at radius 1 is 0.553 bits per heavy atom. The molecule has 742 valence electrons. The monoisotopic (exact) mass is 1960 g/mol. The number of benzene rings is 2. The van der Waals surface area contributed by atoms with Crippen LogP contribution in [0.2, 0.25) is 0 Å². The number of methoxy groups -OCH3 is 1. The molecule has 45 heteroatoms. The van der Waals surface area contributed by atoms with Gasteiger partial charge in [0.05, 0.1) is 54.6 Å². The lowest BCUT2D eigenvalue weighted by molar-refractivity contribution is -0.144. The highest BCUT2D eigenvalue weighted by Crippen LogP contribution is 2.47. The Balaban J connectivity index is 0.000000475. The lowest BCUT2D eigenvalue weighted by Crippen LogP contribution is -2.60. The number of alkyl carbamates (subject to hydrolysis) is 3. The van der Waals surface area contributed by atoms with Crippen molar-refractivity contribution in [3.63, 3.8) is 0 Å². The SMILES string of the molecule is C=C[C@@H]1C[C@]1(NC(=O)[C@@H]1C[C@@H](Oc2nccc3cc(C)ccc23)CN1)C(=O)NS(=O)(=O)C1CC1.C=C[C@@H]1C[C@]1(NC(=O)[C@@H]1C[C@@H](Oc2nccc3cc(OC)ccc23)CN1C(=O)[C@@H](NC(=O)OC(C)(C)C)[C@H](C)OCC)C(=O)NS(=O)(=O)C1CC1.CCO[C@@H](C)[C@H](N)C(=O)O.CCO[C@@H](C)[C@H](NC(=O)OC(C)(C)C)C(=O)O.CCO[C@@H](C)[C@H](NC(=O)OC(C)(C)C)C(=O)O.Cl.Cl.Cl. The van der Waals surface area contributed by atoms with Crippen molar-refractivity contribution in [2.75, 3.05) is 46.6 Å². The van der Waals surface area contributed by atoms with Gasteiger partial charge < -0.3 is 105 Å². The highest BCUT2D eigenvalue weighted by molar-refractivity contribution is 7.91. The van der Waals surface area contributed by atoms with Crippen LogP contribution in [0.4, 0.5) is 14.4 Å². The number of carbonyl (C=O) groups is 11. The number of nitrogens with one attached hydrogen (secondary N) is 8. The zero-order valence-corrected chi connectivity index (χ0v) is 82.1. The predicted molar refractivity (Wildman–Crippen MR) is 495 cm³/mol. The first-order chi connectivity index (χ1) is 60.2. The molecule has 8 amide bonds. The van der Waals surface area contributed by atoms with Crippen molar-refractivity contribution in [1.29, 1.82) is 0 Å². The summed E-state index contributed by atoms with van der Waals surface area (Å²) < 4.78 is 108. The van der Waals surface area contributed by atoms with Crippen molar-refractivity contribution in [2.45, 2.75) is 287 Å². The summed E-state index contributed by atoms with van der Waals surface area (Å²) in [7, 11) is -6.05. The number of carboxylic acids is 3. The maximum Gasteiger partial charge on any atom is 0.408 e. The fourth-order valence-corrected chi connectivity index (χ4v) is 16.4. The number of fused-ring (bicyclic) bond motifs is 2. The first-order valence-corrected chi connectivity index (χ1v) is 45.8. The molecule has 0 bridgehead atoms. The molecule has 4 aromatic rings. The van der Waals surface area contributed by atoms with Gasteiger partial charge >= 0.3 is 36.2 Å². The number of aliphatic carboxylic acids is 3. The maximum atomic E-state index is 14.4. The molecule has 132 heavy (non-hydrogen) atoms. The van der Waals surface area contributed by atoms with Gasteiger partial charge in [0.15, 0.2) is 12.1 Å². The fourth-order valence-electron chi connectivity index (χ4n) is 13.7. The van der Waals surface area contributed by atoms with Gasteiger partial charge in [-0.3, -0.25) is 38.2 Å². The van der Waals surface area contributed by atoms with E-state index >= 15 is 0 Å². The standard InChI is InChI=1S/C35H47N5O10S.C24H28N4O5S.2C11H21NO5.C6H13NO3.3ClH/c1-8-22-18-35(22,32(43)39-51(45,46)25-11-12-25)38-29(41)27-17-24(49-30-26-13-10-23(47-7)16-21(26)14-15-36-30)19-40(27)31(42)28(20(3)48-9-2)37-33(44)50-34(4,5)6;1-3-16-12-24(16,23(30)28-34(31,32)18-5-6-18)27-21(29)20-11-17(13-26-20)33-22-19-7-4-14(2)10-15(19)8-9-25-22;2*1-6-16-7(2)8(9(13)14)12-10(15)17-11(3,4)5;1-3-10-4(2)5(7)6(8)9;;;/h8,10,13-16,20,22,24-25,27-28H,1,9,11-12,17-19H2,2-7H3,(H,37,44)(H,38,41)(H,39,43);3-4,7-10,16-18,20,26H,1,5-6,11-13H2,2H3,(H,27,29)(H,28,30);2*7-8H,6H2,1-5H3,(H,12,15)(H,13,14);4-5H,3,7H2,1-2H3,(H,8,9);3*1H/t20-,22+,24+,27-,28-,35+;16-,17-,20+,24-;2*7-,8-;4-,5-;;;/m01000.../s1. The number of nitrogens with zero attached hydrogens (tertiary/aromatic N) is 3. The molecular formula is C87H133Cl3N12O28S2. The van der Waals surface area contributed by atoms with Gasteiger partial charge in [-0.05, 0) is 210 Å². The zero-order valence-electron chi connectivity index (χ0n) is 78.0. The Morgan fingerprint density at radius 2 is 0.939 bits per heavy atom. The van der Waals surface area contributed by atoms with Crippen LogP contribution in [-0.4, -0.2) is 271 Å². The van der Waals surface area contributed by atoms with Crippen LogP contribution >= 0.6 is 37.2 Å². The molecule has 0 spiro atoms. The normalized spacial score (nSPS) is 21.7. The predicted octanol–water partition coefficient (Wildman–Crippen LogP) is 7.77. The minimum absolute atomic E-state index is 0. The molecule has 4 heterocycles. The van der Waals surface area contributed by atoms with E-state index in [1.807, 2.05) is 31.2 Å². The fraction of sp³-hybridized carbons (Fsp3) is 0.621. The van der Waals surface area contributed by atoms with Gasteiger partial charge in [-0.2, -0.15) is 0 Å². The summed E-state index contributed by atoms with van der Waals surface area (Å²) in [4.78, 5) is 146. The second kappa shape index (κ2) is 50.5. The van der Waals surface area contributed by atoms with Crippen molar-refractivity contribution in [3.8, 4) is 17.5 Å². The van der Waals surface area contributed by atoms with Crippen LogP contribution in [0.3, 0.4) is 0 Å². The number of hydrogen-bond acceptors (Lipinski definition) is 29. The Labute approximate surface area is 789 Å². The van der Waals surface area contributed by atoms with Crippen LogP contribution in [0.25, 0.3) is 21.5 Å².